The van der Waals surface area contributed by atoms with Crippen molar-refractivity contribution >= 4 is 11.6 Å². The summed E-state index contributed by atoms with van der Waals surface area (Å²) < 4.78 is 13.9. The average Bonchev–Trinajstić information content (AvgIpc) is 2.46. The van der Waals surface area contributed by atoms with Crippen LogP contribution in [0.2, 0.25) is 5.02 Å². The van der Waals surface area contributed by atoms with E-state index in [0.29, 0.717) is 10.6 Å². The van der Waals surface area contributed by atoms with Crippen molar-refractivity contribution in [2.45, 2.75) is 25.3 Å². The zero-order chi connectivity index (χ0) is 14.4. The molecule has 0 heterocycles. The summed E-state index contributed by atoms with van der Waals surface area (Å²) in [6, 6.07) is 15.3. The first kappa shape index (κ1) is 15.0. The van der Waals surface area contributed by atoms with Gasteiger partial charge in [0, 0.05) is 16.6 Å². The molecule has 0 saturated heterocycles. The van der Waals surface area contributed by atoms with E-state index in [1.165, 1.54) is 11.6 Å². The van der Waals surface area contributed by atoms with Gasteiger partial charge < -0.3 is 5.32 Å². The second kappa shape index (κ2) is 7.41. The third-order valence-electron chi connectivity index (χ3n) is 3.49. The Balaban J connectivity index is 1.95. The lowest BCUT2D eigenvalue weighted by Crippen LogP contribution is -2.17. The van der Waals surface area contributed by atoms with E-state index in [1.807, 2.05) is 25.2 Å². The highest BCUT2D eigenvalue weighted by Gasteiger charge is 2.13. The number of benzene rings is 2. The van der Waals surface area contributed by atoms with Gasteiger partial charge in [-0.2, -0.15) is 0 Å². The summed E-state index contributed by atoms with van der Waals surface area (Å²) in [6.07, 6.45) is 2.91. The minimum Gasteiger partial charge on any atom is -0.313 e. The maximum atomic E-state index is 13.9. The highest BCUT2D eigenvalue weighted by Crippen LogP contribution is 2.24. The number of aryl methyl sites for hydroxylation is 1. The van der Waals surface area contributed by atoms with Crippen LogP contribution in [-0.2, 0) is 6.42 Å². The van der Waals surface area contributed by atoms with Gasteiger partial charge in [0.25, 0.3) is 0 Å². The molecule has 1 N–H and O–H groups in total. The molecule has 0 aliphatic rings. The molecule has 0 amide bonds. The number of halogens is 2. The first-order chi connectivity index (χ1) is 9.70. The maximum Gasteiger partial charge on any atom is 0.129 e. The minimum absolute atomic E-state index is 0.0241. The van der Waals surface area contributed by atoms with Gasteiger partial charge in [-0.3, -0.25) is 0 Å². The van der Waals surface area contributed by atoms with Gasteiger partial charge in [-0.1, -0.05) is 48.0 Å². The highest BCUT2D eigenvalue weighted by molar-refractivity contribution is 6.30. The van der Waals surface area contributed by atoms with Gasteiger partial charge in [0.15, 0.2) is 0 Å². The second-order valence-electron chi connectivity index (χ2n) is 4.88. The quantitative estimate of drug-likeness (QED) is 0.809. The molecule has 0 aliphatic heterocycles. The van der Waals surface area contributed by atoms with Gasteiger partial charge in [0.2, 0.25) is 0 Å². The summed E-state index contributed by atoms with van der Waals surface area (Å²) in [5.74, 6) is -0.239. The molecular formula is C17H19ClFN. The lowest BCUT2D eigenvalue weighted by atomic mass is 9.99. The first-order valence-electron chi connectivity index (χ1n) is 6.87. The van der Waals surface area contributed by atoms with E-state index in [0.717, 1.165) is 19.3 Å². The van der Waals surface area contributed by atoms with Crippen LogP contribution in [0.4, 0.5) is 4.39 Å². The fourth-order valence-corrected chi connectivity index (χ4v) is 2.55. The topological polar surface area (TPSA) is 12.0 Å². The summed E-state index contributed by atoms with van der Waals surface area (Å²) >= 11 is 5.79. The van der Waals surface area contributed by atoms with E-state index in [4.69, 9.17) is 11.6 Å². The van der Waals surface area contributed by atoms with E-state index in [9.17, 15) is 4.39 Å². The molecule has 20 heavy (non-hydrogen) atoms. The van der Waals surface area contributed by atoms with Crippen molar-refractivity contribution in [3.8, 4) is 0 Å². The van der Waals surface area contributed by atoms with Gasteiger partial charge >= 0.3 is 0 Å². The second-order valence-corrected chi connectivity index (χ2v) is 5.32. The molecule has 0 bridgehead atoms. The maximum absolute atomic E-state index is 13.9. The molecule has 0 saturated carbocycles. The summed E-state index contributed by atoms with van der Waals surface area (Å²) in [5.41, 5.74) is 2.00. The highest BCUT2D eigenvalue weighted by atomic mass is 35.5. The Morgan fingerprint density at radius 3 is 2.55 bits per heavy atom. The van der Waals surface area contributed by atoms with E-state index in [1.54, 1.807) is 12.1 Å². The molecule has 3 heteroatoms. The van der Waals surface area contributed by atoms with E-state index in [2.05, 4.69) is 17.4 Å². The van der Waals surface area contributed by atoms with Crippen molar-refractivity contribution in [3.63, 3.8) is 0 Å². The largest absolute Gasteiger partial charge is 0.313 e. The number of hydrogen-bond acceptors (Lipinski definition) is 1. The fourth-order valence-electron chi connectivity index (χ4n) is 2.39. The summed E-state index contributed by atoms with van der Waals surface area (Å²) in [7, 11) is 1.86. The van der Waals surface area contributed by atoms with Crippen LogP contribution >= 0.6 is 11.6 Å². The average molecular weight is 292 g/mol. The molecule has 1 unspecified atom stereocenters. The summed E-state index contributed by atoms with van der Waals surface area (Å²) in [6.45, 7) is 0. The van der Waals surface area contributed by atoms with Crippen LogP contribution in [0, 0.1) is 5.82 Å². The molecule has 0 radical (unpaired) electrons. The van der Waals surface area contributed by atoms with Crippen LogP contribution in [0.3, 0.4) is 0 Å². The molecule has 0 aromatic heterocycles. The van der Waals surface area contributed by atoms with Crippen molar-refractivity contribution in [1.29, 1.82) is 0 Å². The Bertz CT molecular complexity index is 542. The zero-order valence-corrected chi connectivity index (χ0v) is 12.3. The first-order valence-corrected chi connectivity index (χ1v) is 7.24. The zero-order valence-electron chi connectivity index (χ0n) is 11.6. The third kappa shape index (κ3) is 4.06. The van der Waals surface area contributed by atoms with Crippen LogP contribution in [0.1, 0.15) is 30.0 Å². The van der Waals surface area contributed by atoms with Gasteiger partial charge in [0.1, 0.15) is 5.82 Å². The van der Waals surface area contributed by atoms with Crippen molar-refractivity contribution in [1.82, 2.24) is 5.32 Å². The van der Waals surface area contributed by atoms with Gasteiger partial charge in [-0.15, -0.1) is 0 Å². The van der Waals surface area contributed by atoms with Crippen molar-refractivity contribution < 1.29 is 4.39 Å². The number of nitrogens with one attached hydrogen (secondary N) is 1. The van der Waals surface area contributed by atoms with Gasteiger partial charge in [0.05, 0.1) is 0 Å². The Morgan fingerprint density at radius 2 is 1.90 bits per heavy atom. The lowest BCUT2D eigenvalue weighted by molar-refractivity contribution is 0.494. The predicted molar refractivity (Wildman–Crippen MR) is 82.6 cm³/mol. The van der Waals surface area contributed by atoms with Crippen molar-refractivity contribution in [2.75, 3.05) is 7.05 Å². The van der Waals surface area contributed by atoms with Crippen LogP contribution in [-0.4, -0.2) is 7.05 Å². The smallest absolute Gasteiger partial charge is 0.129 e. The molecule has 2 aromatic carbocycles. The van der Waals surface area contributed by atoms with Gasteiger partial charge in [-0.05, 0) is 44.0 Å². The van der Waals surface area contributed by atoms with Crippen LogP contribution in [0.15, 0.2) is 48.5 Å². The molecule has 0 spiro atoms. The van der Waals surface area contributed by atoms with E-state index < -0.39 is 0 Å². The molecule has 1 nitrogen and oxygen atoms in total. The Hall–Kier alpha value is -1.38. The predicted octanol–water partition coefficient (Wildman–Crippen LogP) is 4.76. The van der Waals surface area contributed by atoms with Crippen LogP contribution in [0.25, 0.3) is 0 Å². The van der Waals surface area contributed by atoms with Crippen molar-refractivity contribution in [3.05, 3.63) is 70.5 Å². The fraction of sp³-hybridized carbons (Fsp3) is 0.294. The molecule has 106 valence electrons. The standard InChI is InChI=1S/C17H19ClFN/c1-20-17(15-11-10-14(18)12-16(15)19)9-5-8-13-6-3-2-4-7-13/h2-4,6-7,10-12,17,20H,5,8-9H2,1H3. The van der Waals surface area contributed by atoms with Crippen LogP contribution in [0.5, 0.6) is 0 Å². The van der Waals surface area contributed by atoms with Crippen LogP contribution < -0.4 is 5.32 Å². The number of hydrogen-bond donors (Lipinski definition) is 1. The van der Waals surface area contributed by atoms with E-state index >= 15 is 0 Å². The third-order valence-corrected chi connectivity index (χ3v) is 3.72. The monoisotopic (exact) mass is 291 g/mol. The normalized spacial score (nSPS) is 12.3. The molecule has 0 fully saturated rings. The molecule has 0 aliphatic carbocycles. The Labute approximate surface area is 124 Å². The molecular weight excluding hydrogens is 273 g/mol. The van der Waals surface area contributed by atoms with E-state index in [-0.39, 0.29) is 11.9 Å². The summed E-state index contributed by atoms with van der Waals surface area (Å²) in [5, 5.41) is 3.62. The van der Waals surface area contributed by atoms with Gasteiger partial charge in [-0.25, -0.2) is 4.39 Å². The SMILES string of the molecule is CNC(CCCc1ccccc1)c1ccc(Cl)cc1F. The Kier molecular flexibility index (Phi) is 5.57. The minimum atomic E-state index is -0.239. The van der Waals surface area contributed by atoms with Crippen molar-refractivity contribution in [2.24, 2.45) is 0 Å². The molecule has 2 rings (SSSR count). The molecule has 2 aromatic rings. The molecule has 1 atom stereocenters. The lowest BCUT2D eigenvalue weighted by Gasteiger charge is -2.17. The Morgan fingerprint density at radius 1 is 1.15 bits per heavy atom. The summed E-state index contributed by atoms with van der Waals surface area (Å²) in [4.78, 5) is 0. The number of rotatable bonds is 6.